The number of nitrogens with one attached hydrogen (secondary N) is 1. The molecule has 7 heteroatoms. The molecule has 1 aliphatic heterocycles. The molecule has 0 atom stereocenters. The van der Waals surface area contributed by atoms with E-state index in [1.807, 2.05) is 42.7 Å². The summed E-state index contributed by atoms with van der Waals surface area (Å²) in [6.07, 6.45) is 12.1. The van der Waals surface area contributed by atoms with Crippen LogP contribution < -0.4 is 5.73 Å². The molecule has 3 rings (SSSR count). The van der Waals surface area contributed by atoms with Gasteiger partial charge in [-0.3, -0.25) is 13.9 Å². The summed E-state index contributed by atoms with van der Waals surface area (Å²) in [6, 6.07) is 5.89. The molecule has 3 heterocycles. The zero-order valence-corrected chi connectivity index (χ0v) is 13.9. The van der Waals surface area contributed by atoms with Crippen LogP contribution in [0.5, 0.6) is 0 Å². The molecule has 0 amide bonds. The molecule has 0 saturated heterocycles. The first kappa shape index (κ1) is 20.4. The average molecular weight is 344 g/mol. The number of hydrogen-bond donors (Lipinski definition) is 2. The number of hydrogen-bond acceptors (Lipinski definition) is 2. The van der Waals surface area contributed by atoms with Crippen molar-refractivity contribution in [2.75, 3.05) is 6.54 Å². The molecule has 0 fully saturated rings. The fourth-order valence-electron chi connectivity index (χ4n) is 2.72. The number of halogens is 2. The number of furan rings is 1. The molecule has 25 heavy (non-hydrogen) atoms. The second kappa shape index (κ2) is 8.99. The van der Waals surface area contributed by atoms with Crippen LogP contribution in [-0.2, 0) is 0 Å². The van der Waals surface area contributed by atoms with E-state index in [4.69, 9.17) is 18.1 Å². The lowest BCUT2D eigenvalue weighted by molar-refractivity contribution is -0.294. The Morgan fingerprint density at radius 2 is 2.16 bits per heavy atom. The lowest BCUT2D eigenvalue weighted by Crippen LogP contribution is -2.09. The smallest absolute Gasteiger partial charge is 0.465 e. The van der Waals surface area contributed by atoms with Gasteiger partial charge in [-0.25, -0.2) is 0 Å². The van der Waals surface area contributed by atoms with Crippen LogP contribution in [0.1, 0.15) is 29.1 Å². The summed E-state index contributed by atoms with van der Waals surface area (Å²) >= 11 is 0. The van der Waals surface area contributed by atoms with Crippen molar-refractivity contribution in [2.24, 2.45) is 5.73 Å². The van der Waals surface area contributed by atoms with Crippen LogP contribution in [0, 0.1) is 6.92 Å². The average Bonchev–Trinajstić information content (AvgIpc) is 3.25. The van der Waals surface area contributed by atoms with Crippen molar-refractivity contribution >= 4 is 31.9 Å². The summed E-state index contributed by atoms with van der Waals surface area (Å²) in [5.74, 6) is 0.820. The number of aromatic amines is 1. The van der Waals surface area contributed by atoms with Gasteiger partial charge in [-0.2, -0.15) is 0 Å². The summed E-state index contributed by atoms with van der Waals surface area (Å²) in [5, 5.41) is 0. The summed E-state index contributed by atoms with van der Waals surface area (Å²) in [7, 11) is 6.00. The van der Waals surface area contributed by atoms with Gasteiger partial charge in [0.2, 0.25) is 0 Å². The normalized spacial score (nSPS) is 15.0. The van der Waals surface area contributed by atoms with Crippen LogP contribution in [0.4, 0.5) is 9.41 Å². The minimum atomic E-state index is 0. The molecule has 130 valence electrons. The standard InChI is InChI=1S/C18H19BN3O.2FH/c1-13-12-14(6-7-15-4-3-11-23-15)21-18(13)16(8-9-20)17-5-2-10-22(17)19;;/h2-7,10-12,21H,8-9,20H2,1H3;2*1H/q+1;;/b7-6+;;. The first-order chi connectivity index (χ1) is 11.2. The lowest BCUT2D eigenvalue weighted by Gasteiger charge is -2.07. The SMILES string of the molecule is F.F.[B][N+]1=CC=CC1=C(CCN)c1[nH]c(/C=C/c2ccco2)cc1C. The monoisotopic (exact) mass is 344 g/mol. The third-order valence-corrected chi connectivity index (χ3v) is 3.79. The first-order valence-corrected chi connectivity index (χ1v) is 7.59. The van der Waals surface area contributed by atoms with Gasteiger partial charge in [0, 0.05) is 23.4 Å². The molecule has 1 aliphatic rings. The van der Waals surface area contributed by atoms with Crippen molar-refractivity contribution in [3.05, 3.63) is 65.0 Å². The maximum Gasteiger partial charge on any atom is 0.586 e. The highest BCUT2D eigenvalue weighted by Crippen LogP contribution is 2.27. The molecule has 2 radical (unpaired) electrons. The van der Waals surface area contributed by atoms with Gasteiger partial charge < -0.3 is 15.1 Å². The zero-order chi connectivity index (χ0) is 16.2. The molecule has 0 spiro atoms. The van der Waals surface area contributed by atoms with E-state index in [0.717, 1.165) is 40.4 Å². The maximum atomic E-state index is 6.00. The van der Waals surface area contributed by atoms with Crippen LogP contribution in [0.15, 0.2) is 46.7 Å². The van der Waals surface area contributed by atoms with Crippen LogP contribution >= 0.6 is 0 Å². The summed E-state index contributed by atoms with van der Waals surface area (Å²) in [4.78, 5) is 3.45. The van der Waals surface area contributed by atoms with Gasteiger partial charge in [0.25, 0.3) is 0 Å². The number of nitrogens with zero attached hydrogens (tertiary/aromatic N) is 1. The Kier molecular flexibility index (Phi) is 7.32. The summed E-state index contributed by atoms with van der Waals surface area (Å²) in [6.45, 7) is 2.65. The van der Waals surface area contributed by atoms with Crippen LogP contribution in [-0.4, -0.2) is 30.2 Å². The van der Waals surface area contributed by atoms with Crippen LogP contribution in [0.25, 0.3) is 17.7 Å². The van der Waals surface area contributed by atoms with Gasteiger partial charge in [0.15, 0.2) is 5.70 Å². The minimum absolute atomic E-state index is 0. The quantitative estimate of drug-likeness (QED) is 0.819. The Labute approximate surface area is 146 Å². The largest absolute Gasteiger partial charge is 0.586 e. The number of H-pyrrole nitrogens is 1. The maximum absolute atomic E-state index is 6.00. The highest BCUT2D eigenvalue weighted by atomic mass is 19.0. The van der Waals surface area contributed by atoms with Crippen molar-refractivity contribution in [2.45, 2.75) is 13.3 Å². The molecule has 0 aliphatic carbocycles. The molecule has 0 bridgehead atoms. The molecule has 4 nitrogen and oxygen atoms in total. The summed E-state index contributed by atoms with van der Waals surface area (Å²) in [5.41, 5.74) is 11.1. The van der Waals surface area contributed by atoms with Gasteiger partial charge in [-0.15, -0.1) is 0 Å². The van der Waals surface area contributed by atoms with E-state index in [1.54, 1.807) is 10.7 Å². The van der Waals surface area contributed by atoms with E-state index in [-0.39, 0.29) is 9.41 Å². The number of allylic oxidation sites excluding steroid dienone is 2. The van der Waals surface area contributed by atoms with Crippen LogP contribution in [0.3, 0.4) is 0 Å². The Hall–Kier alpha value is -2.67. The van der Waals surface area contributed by atoms with E-state index >= 15 is 0 Å². The van der Waals surface area contributed by atoms with E-state index in [2.05, 4.69) is 18.0 Å². The van der Waals surface area contributed by atoms with Crippen LogP contribution in [0.2, 0.25) is 0 Å². The second-order valence-electron chi connectivity index (χ2n) is 5.45. The predicted molar refractivity (Wildman–Crippen MR) is 100.0 cm³/mol. The fraction of sp³-hybridized carbons (Fsp3) is 0.167. The second-order valence-corrected chi connectivity index (χ2v) is 5.45. The Morgan fingerprint density at radius 3 is 2.76 bits per heavy atom. The van der Waals surface area contributed by atoms with Crippen molar-refractivity contribution in [3.63, 3.8) is 0 Å². The number of rotatable bonds is 5. The highest BCUT2D eigenvalue weighted by molar-refractivity contribution is 6.01. The predicted octanol–water partition coefficient (Wildman–Crippen LogP) is 3.19. The van der Waals surface area contributed by atoms with Crippen molar-refractivity contribution < 1.29 is 18.3 Å². The highest BCUT2D eigenvalue weighted by Gasteiger charge is 2.20. The fourth-order valence-corrected chi connectivity index (χ4v) is 2.72. The lowest BCUT2D eigenvalue weighted by atomic mass is 10.0. The molecular formula is C18H21BF2N3O+. The van der Waals surface area contributed by atoms with Gasteiger partial charge in [0.05, 0.1) is 12.0 Å². The van der Waals surface area contributed by atoms with Crippen molar-refractivity contribution in [1.82, 2.24) is 4.98 Å². The first-order valence-electron chi connectivity index (χ1n) is 7.59. The van der Waals surface area contributed by atoms with Gasteiger partial charge in [-0.05, 0) is 55.8 Å². The van der Waals surface area contributed by atoms with E-state index < -0.39 is 0 Å². The number of aromatic nitrogens is 1. The molecule has 2 aromatic rings. The third-order valence-electron chi connectivity index (χ3n) is 3.79. The van der Waals surface area contributed by atoms with Gasteiger partial charge in [-0.1, -0.05) is 0 Å². The van der Waals surface area contributed by atoms with E-state index in [1.165, 1.54) is 0 Å². The Balaban J connectivity index is 0.00000156. The zero-order valence-electron chi connectivity index (χ0n) is 13.9. The molecule has 0 unspecified atom stereocenters. The molecule has 0 aromatic carbocycles. The minimum Gasteiger partial charge on any atom is -0.465 e. The van der Waals surface area contributed by atoms with Crippen molar-refractivity contribution in [3.8, 4) is 0 Å². The third kappa shape index (κ3) is 4.45. The Morgan fingerprint density at radius 1 is 1.36 bits per heavy atom. The van der Waals surface area contributed by atoms with Gasteiger partial charge >= 0.3 is 7.98 Å². The van der Waals surface area contributed by atoms with E-state index in [9.17, 15) is 0 Å². The summed E-state index contributed by atoms with van der Waals surface area (Å²) < 4.78 is 6.94. The molecular weight excluding hydrogens is 323 g/mol. The Bertz CT molecular complexity index is 817. The number of nitrogens with two attached hydrogens (primary N) is 1. The molecule has 3 N–H and O–H groups in total. The van der Waals surface area contributed by atoms with Gasteiger partial charge in [0.1, 0.15) is 12.0 Å². The topological polar surface area (TPSA) is 58.0 Å². The van der Waals surface area contributed by atoms with E-state index in [0.29, 0.717) is 6.54 Å². The number of aryl methyl sites for hydroxylation is 1. The molecule has 2 aromatic heterocycles. The van der Waals surface area contributed by atoms with Crippen molar-refractivity contribution in [1.29, 1.82) is 0 Å². The molecule has 0 saturated carbocycles.